The molecule has 0 fully saturated rings. The molecule has 0 spiro atoms. The number of hydrogen-bond donors (Lipinski definition) is 1. The van der Waals surface area contributed by atoms with Crippen LogP contribution in [0.3, 0.4) is 0 Å². The molecular weight excluding hydrogens is 167 g/mol. The minimum atomic E-state index is -0.770. The van der Waals surface area contributed by atoms with Crippen molar-refractivity contribution in [3.63, 3.8) is 0 Å². The van der Waals surface area contributed by atoms with Crippen LogP contribution in [0, 0.1) is 0 Å². The van der Waals surface area contributed by atoms with E-state index in [1.165, 1.54) is 0 Å². The van der Waals surface area contributed by atoms with Crippen molar-refractivity contribution in [3.8, 4) is 0 Å². The second-order valence-corrected chi connectivity index (χ2v) is 2.52. The van der Waals surface area contributed by atoms with Crippen molar-refractivity contribution < 1.29 is 19.0 Å². The van der Waals surface area contributed by atoms with Gasteiger partial charge in [0.05, 0.1) is 6.61 Å². The van der Waals surface area contributed by atoms with Crippen LogP contribution >= 0.6 is 8.69 Å². The van der Waals surface area contributed by atoms with Gasteiger partial charge in [-0.25, -0.2) is 4.57 Å². The first-order valence-corrected chi connectivity index (χ1v) is 4.17. The number of carbonyl (C=O) groups is 1. The number of unbranched alkanes of at least 4 members (excludes halogenated alkanes) is 2. The zero-order valence-electron chi connectivity index (χ0n) is 6.15. The van der Waals surface area contributed by atoms with E-state index in [9.17, 15) is 9.36 Å². The van der Waals surface area contributed by atoms with E-state index < -0.39 is 5.97 Å². The monoisotopic (exact) mass is 178 g/mol. The van der Waals surface area contributed by atoms with Crippen LogP contribution < -0.4 is 0 Å². The molecule has 11 heavy (non-hydrogen) atoms. The number of rotatable bonds is 7. The van der Waals surface area contributed by atoms with Crippen molar-refractivity contribution in [1.29, 1.82) is 0 Å². The minimum Gasteiger partial charge on any atom is -0.481 e. The van der Waals surface area contributed by atoms with Gasteiger partial charge in [0.1, 0.15) is 0 Å². The second kappa shape index (κ2) is 7.63. The van der Waals surface area contributed by atoms with Gasteiger partial charge in [-0.1, -0.05) is 6.42 Å². The molecular formula is C6H11O4P. The van der Waals surface area contributed by atoms with E-state index in [0.29, 0.717) is 13.0 Å². The molecule has 0 atom stereocenters. The van der Waals surface area contributed by atoms with Gasteiger partial charge in [-0.05, 0) is 12.8 Å². The molecule has 0 saturated carbocycles. The Kier molecular flexibility index (Phi) is 7.31. The Bertz CT molecular complexity index is 126. The predicted octanol–water partition coefficient (Wildman–Crippen LogP) is 1.85. The zero-order valence-corrected chi connectivity index (χ0v) is 7.05. The lowest BCUT2D eigenvalue weighted by molar-refractivity contribution is -0.137. The third kappa shape index (κ3) is 9.53. The maximum atomic E-state index is 10.0. The van der Waals surface area contributed by atoms with Crippen LogP contribution in [0.25, 0.3) is 0 Å². The number of hydrogen-bond acceptors (Lipinski definition) is 3. The fraction of sp³-hybridized carbons (Fsp3) is 0.833. The molecule has 0 aliphatic rings. The summed E-state index contributed by atoms with van der Waals surface area (Å²) in [5, 5.41) is 8.23. The van der Waals surface area contributed by atoms with Crippen molar-refractivity contribution >= 4 is 14.7 Å². The van der Waals surface area contributed by atoms with Crippen LogP contribution in [0.15, 0.2) is 0 Å². The second-order valence-electron chi connectivity index (χ2n) is 2.11. The maximum absolute atomic E-state index is 10.0. The lowest BCUT2D eigenvalue weighted by Gasteiger charge is -1.95. The number of carboxylic acid groups (broad SMARTS) is 1. The van der Waals surface area contributed by atoms with Crippen molar-refractivity contribution in [2.75, 3.05) is 6.61 Å². The van der Waals surface area contributed by atoms with Crippen molar-refractivity contribution in [2.45, 2.75) is 25.7 Å². The summed E-state index contributed by atoms with van der Waals surface area (Å²) >= 11 is 0. The van der Waals surface area contributed by atoms with Crippen LogP contribution in [0.5, 0.6) is 0 Å². The van der Waals surface area contributed by atoms with E-state index in [2.05, 4.69) is 4.52 Å². The Labute approximate surface area is 66.8 Å². The van der Waals surface area contributed by atoms with Crippen molar-refractivity contribution in [2.24, 2.45) is 0 Å². The molecule has 0 rings (SSSR count). The van der Waals surface area contributed by atoms with Crippen molar-refractivity contribution in [3.05, 3.63) is 0 Å². The van der Waals surface area contributed by atoms with Crippen LogP contribution in [-0.2, 0) is 13.9 Å². The molecule has 0 aliphatic carbocycles. The van der Waals surface area contributed by atoms with Gasteiger partial charge in [-0.2, -0.15) is 0 Å². The Hall–Kier alpha value is -0.470. The summed E-state index contributed by atoms with van der Waals surface area (Å²) in [6.07, 6.45) is 2.44. The zero-order chi connectivity index (χ0) is 8.53. The average molecular weight is 178 g/mol. The van der Waals surface area contributed by atoms with E-state index in [0.717, 1.165) is 12.8 Å². The predicted molar refractivity (Wildman–Crippen MR) is 39.7 cm³/mol. The third-order valence-electron chi connectivity index (χ3n) is 1.18. The fourth-order valence-corrected chi connectivity index (χ4v) is 0.861. The highest BCUT2D eigenvalue weighted by Gasteiger charge is 1.95. The van der Waals surface area contributed by atoms with Crippen LogP contribution in [0.4, 0.5) is 0 Å². The summed E-state index contributed by atoms with van der Waals surface area (Å²) in [7, 11) is -0.301. The Morgan fingerprint density at radius 2 is 2.09 bits per heavy atom. The van der Waals surface area contributed by atoms with E-state index in [1.54, 1.807) is 0 Å². The Morgan fingerprint density at radius 1 is 1.36 bits per heavy atom. The molecule has 0 radical (unpaired) electrons. The first-order chi connectivity index (χ1) is 5.27. The molecule has 0 amide bonds. The van der Waals surface area contributed by atoms with Crippen LogP contribution in [-0.4, -0.2) is 17.7 Å². The number of carboxylic acids is 1. The lowest BCUT2D eigenvalue weighted by Crippen LogP contribution is -1.94. The third-order valence-corrected chi connectivity index (χ3v) is 1.47. The van der Waals surface area contributed by atoms with Gasteiger partial charge in [-0.3, -0.25) is 9.32 Å². The normalized spacial score (nSPS) is 10.2. The molecule has 0 aromatic carbocycles. The molecule has 4 nitrogen and oxygen atoms in total. The highest BCUT2D eigenvalue weighted by atomic mass is 31.1. The summed E-state index contributed by atoms with van der Waals surface area (Å²) in [5.41, 5.74) is 0. The van der Waals surface area contributed by atoms with Gasteiger partial charge < -0.3 is 5.11 Å². The largest absolute Gasteiger partial charge is 0.481 e. The van der Waals surface area contributed by atoms with Crippen LogP contribution in [0.1, 0.15) is 25.7 Å². The molecule has 0 aromatic rings. The molecule has 0 heterocycles. The molecule has 0 aliphatic heterocycles. The highest BCUT2D eigenvalue weighted by molar-refractivity contribution is 7.17. The molecule has 5 heteroatoms. The smallest absolute Gasteiger partial charge is 0.327 e. The van der Waals surface area contributed by atoms with E-state index >= 15 is 0 Å². The topological polar surface area (TPSA) is 63.6 Å². The fourth-order valence-electron chi connectivity index (χ4n) is 0.657. The van der Waals surface area contributed by atoms with Gasteiger partial charge in [-0.15, -0.1) is 0 Å². The van der Waals surface area contributed by atoms with Gasteiger partial charge in [0, 0.05) is 6.42 Å². The highest BCUT2D eigenvalue weighted by Crippen LogP contribution is 2.02. The summed E-state index contributed by atoms with van der Waals surface area (Å²) in [6, 6.07) is 0. The SMILES string of the molecule is O=POCCCCCC(=O)O. The summed E-state index contributed by atoms with van der Waals surface area (Å²) < 4.78 is 14.2. The maximum Gasteiger partial charge on any atom is 0.327 e. The van der Waals surface area contributed by atoms with E-state index in [1.807, 2.05) is 0 Å². The lowest BCUT2D eigenvalue weighted by atomic mass is 10.2. The molecule has 0 unspecified atom stereocenters. The quantitative estimate of drug-likeness (QED) is 0.477. The van der Waals surface area contributed by atoms with Crippen molar-refractivity contribution in [1.82, 2.24) is 0 Å². The van der Waals surface area contributed by atoms with Gasteiger partial charge in [0.25, 0.3) is 0 Å². The number of aliphatic carboxylic acids is 1. The summed E-state index contributed by atoms with van der Waals surface area (Å²) in [4.78, 5) is 10.0. The summed E-state index contributed by atoms with van der Waals surface area (Å²) in [6.45, 7) is 0.435. The summed E-state index contributed by atoms with van der Waals surface area (Å²) in [5.74, 6) is -0.770. The van der Waals surface area contributed by atoms with Gasteiger partial charge in [0.2, 0.25) is 0 Å². The molecule has 64 valence electrons. The molecule has 0 aromatic heterocycles. The first-order valence-electron chi connectivity index (χ1n) is 3.44. The average Bonchev–Trinajstić information content (AvgIpc) is 1.96. The minimum absolute atomic E-state index is 0.203. The van der Waals surface area contributed by atoms with Crippen LogP contribution in [0.2, 0.25) is 0 Å². The standard InChI is InChI=1S/C6H11O4P/c7-6(8)4-2-1-3-5-10-11-9/h1-5H2,(H,7,8). The van der Waals surface area contributed by atoms with Gasteiger partial charge >= 0.3 is 14.7 Å². The van der Waals surface area contributed by atoms with Gasteiger partial charge in [0.15, 0.2) is 0 Å². The Balaban J connectivity index is 2.90. The van der Waals surface area contributed by atoms with E-state index in [-0.39, 0.29) is 15.1 Å². The molecule has 0 saturated heterocycles. The van der Waals surface area contributed by atoms with E-state index in [4.69, 9.17) is 5.11 Å². The molecule has 1 N–H and O–H groups in total. The first kappa shape index (κ1) is 10.5. The molecule has 0 bridgehead atoms. The Morgan fingerprint density at radius 3 is 2.64 bits per heavy atom.